The predicted octanol–water partition coefficient (Wildman–Crippen LogP) is 9.46. The predicted molar refractivity (Wildman–Crippen MR) is 120 cm³/mol. The van der Waals surface area contributed by atoms with Crippen molar-refractivity contribution >= 4 is 0 Å². The Balaban J connectivity index is 1.67. The maximum Gasteiger partial charge on any atom is -0.0213 e. The fourth-order valence-corrected chi connectivity index (χ4v) is 7.74. The van der Waals surface area contributed by atoms with E-state index in [4.69, 9.17) is 0 Å². The van der Waals surface area contributed by atoms with Crippen molar-refractivity contribution in [2.24, 2.45) is 23.2 Å². The van der Waals surface area contributed by atoms with Crippen molar-refractivity contribution in [1.82, 2.24) is 0 Å². The van der Waals surface area contributed by atoms with Gasteiger partial charge in [-0.1, -0.05) is 103 Å². The van der Waals surface area contributed by atoms with E-state index >= 15 is 0 Å². The third kappa shape index (κ3) is 5.76. The lowest BCUT2D eigenvalue weighted by molar-refractivity contribution is -0.0422. The van der Waals surface area contributed by atoms with Gasteiger partial charge < -0.3 is 0 Å². The molecule has 0 atom stereocenters. The maximum absolute atomic E-state index is 2.34. The summed E-state index contributed by atoms with van der Waals surface area (Å²) in [6.45, 7) is 2.34. The van der Waals surface area contributed by atoms with Gasteiger partial charge in [0.05, 0.1) is 0 Å². The zero-order chi connectivity index (χ0) is 18.8. The van der Waals surface area contributed by atoms with E-state index in [1.54, 1.807) is 89.9 Å². The van der Waals surface area contributed by atoms with Crippen molar-refractivity contribution < 1.29 is 0 Å². The second kappa shape index (κ2) is 11.9. The van der Waals surface area contributed by atoms with Gasteiger partial charge in [-0.2, -0.15) is 0 Å². The third-order valence-corrected chi connectivity index (χ3v) is 9.06. The molecular weight excluding hydrogens is 324 g/mol. The Morgan fingerprint density at radius 2 is 0.852 bits per heavy atom. The van der Waals surface area contributed by atoms with Crippen molar-refractivity contribution in [3.63, 3.8) is 0 Å². The minimum absolute atomic E-state index is 0.765. The summed E-state index contributed by atoms with van der Waals surface area (Å²) in [5.74, 6) is 3.29. The van der Waals surface area contributed by atoms with E-state index in [1.807, 2.05) is 0 Å². The highest BCUT2D eigenvalue weighted by Crippen LogP contribution is 2.59. The fraction of sp³-hybridized carbons (Fsp3) is 1.00. The zero-order valence-corrected chi connectivity index (χ0v) is 18.8. The molecule has 0 heterocycles. The number of unbranched alkanes of at least 4 members (excludes halogenated alkanes) is 6. The van der Waals surface area contributed by atoms with Gasteiger partial charge in [0.15, 0.2) is 0 Å². The topological polar surface area (TPSA) is 0 Å². The standard InChI is InChI=1S/C27H50/c1-2-3-4-5-6-7-16-23-27(26-21-14-15-22-26,24-17-10-8-11-18-24)25-19-12-9-13-20-25/h24-26H,2-23H2,1H3. The molecule has 3 saturated carbocycles. The molecule has 0 aromatic rings. The average Bonchev–Trinajstić information content (AvgIpc) is 3.27. The Kier molecular flexibility index (Phi) is 9.54. The van der Waals surface area contributed by atoms with E-state index in [9.17, 15) is 0 Å². The number of hydrogen-bond acceptors (Lipinski definition) is 0. The molecule has 0 unspecified atom stereocenters. The van der Waals surface area contributed by atoms with Crippen LogP contribution in [0.15, 0.2) is 0 Å². The van der Waals surface area contributed by atoms with Crippen LogP contribution in [-0.2, 0) is 0 Å². The first-order chi connectivity index (χ1) is 13.4. The second-order valence-electron chi connectivity index (χ2n) is 10.6. The molecule has 3 aliphatic rings. The van der Waals surface area contributed by atoms with Crippen molar-refractivity contribution in [3.05, 3.63) is 0 Å². The van der Waals surface area contributed by atoms with Crippen LogP contribution in [0, 0.1) is 23.2 Å². The van der Waals surface area contributed by atoms with Crippen LogP contribution in [0.1, 0.15) is 148 Å². The number of rotatable bonds is 11. The normalized spacial score (nSPS) is 23.9. The quantitative estimate of drug-likeness (QED) is 0.316. The van der Waals surface area contributed by atoms with Gasteiger partial charge in [0, 0.05) is 0 Å². The molecule has 0 heteroatoms. The van der Waals surface area contributed by atoms with Crippen LogP contribution in [-0.4, -0.2) is 0 Å². The molecule has 158 valence electrons. The summed E-state index contributed by atoms with van der Waals surface area (Å²) in [6, 6.07) is 0. The van der Waals surface area contributed by atoms with E-state index in [-0.39, 0.29) is 0 Å². The van der Waals surface area contributed by atoms with Crippen molar-refractivity contribution in [2.45, 2.75) is 148 Å². The van der Waals surface area contributed by atoms with Gasteiger partial charge >= 0.3 is 0 Å². The van der Waals surface area contributed by atoms with Crippen LogP contribution in [0.4, 0.5) is 0 Å². The first-order valence-corrected chi connectivity index (χ1v) is 13.4. The van der Waals surface area contributed by atoms with E-state index in [2.05, 4.69) is 6.92 Å². The van der Waals surface area contributed by atoms with E-state index in [0.29, 0.717) is 0 Å². The van der Waals surface area contributed by atoms with Gasteiger partial charge in [-0.05, 0) is 68.1 Å². The van der Waals surface area contributed by atoms with Gasteiger partial charge in [0.2, 0.25) is 0 Å². The summed E-state index contributed by atoms with van der Waals surface area (Å²) in [7, 11) is 0. The second-order valence-corrected chi connectivity index (χ2v) is 10.6. The summed E-state index contributed by atoms with van der Waals surface area (Å²) in [6.07, 6.45) is 33.9. The Bertz CT molecular complexity index is 347. The average molecular weight is 375 g/mol. The molecule has 0 aromatic heterocycles. The van der Waals surface area contributed by atoms with Crippen LogP contribution in [0.2, 0.25) is 0 Å². The molecule has 0 radical (unpaired) electrons. The lowest BCUT2D eigenvalue weighted by Gasteiger charge is -2.54. The van der Waals surface area contributed by atoms with Crippen LogP contribution in [0.5, 0.6) is 0 Å². The van der Waals surface area contributed by atoms with Crippen LogP contribution in [0.3, 0.4) is 0 Å². The third-order valence-electron chi connectivity index (χ3n) is 9.06. The summed E-state index contributed by atoms with van der Waals surface area (Å²) >= 11 is 0. The van der Waals surface area contributed by atoms with Gasteiger partial charge in [-0.15, -0.1) is 0 Å². The molecule has 3 rings (SSSR count). The Labute approximate surface area is 171 Å². The molecule has 0 bridgehead atoms. The Morgan fingerprint density at radius 1 is 0.481 bits per heavy atom. The summed E-state index contributed by atoms with van der Waals surface area (Å²) in [5.41, 5.74) is 0.765. The highest BCUT2D eigenvalue weighted by atomic mass is 14.5. The molecule has 0 spiro atoms. The van der Waals surface area contributed by atoms with E-state index in [1.165, 1.54) is 51.4 Å². The van der Waals surface area contributed by atoms with E-state index in [0.717, 1.165) is 23.2 Å². The summed E-state index contributed by atoms with van der Waals surface area (Å²) < 4.78 is 0. The fourth-order valence-electron chi connectivity index (χ4n) is 7.74. The molecule has 0 amide bonds. The van der Waals surface area contributed by atoms with Gasteiger partial charge in [-0.3, -0.25) is 0 Å². The van der Waals surface area contributed by atoms with Crippen LogP contribution in [0.25, 0.3) is 0 Å². The number of hydrogen-bond donors (Lipinski definition) is 0. The highest BCUT2D eigenvalue weighted by Gasteiger charge is 2.50. The SMILES string of the molecule is CCCCCCCCCC(C1CCCCC1)(C1CCCCC1)C1CCCC1. The minimum Gasteiger partial charge on any atom is -0.0654 e. The smallest absolute Gasteiger partial charge is 0.0213 e. The largest absolute Gasteiger partial charge is 0.0654 e. The molecular formula is C27H50. The monoisotopic (exact) mass is 374 g/mol. The minimum atomic E-state index is 0.765. The lowest BCUT2D eigenvalue weighted by atomic mass is 9.51. The molecule has 0 saturated heterocycles. The zero-order valence-electron chi connectivity index (χ0n) is 18.8. The van der Waals surface area contributed by atoms with Crippen molar-refractivity contribution in [2.75, 3.05) is 0 Å². The van der Waals surface area contributed by atoms with E-state index < -0.39 is 0 Å². The van der Waals surface area contributed by atoms with Crippen molar-refractivity contribution in [3.8, 4) is 0 Å². The lowest BCUT2D eigenvalue weighted by Crippen LogP contribution is -2.45. The molecule has 0 nitrogen and oxygen atoms in total. The van der Waals surface area contributed by atoms with Gasteiger partial charge in [0.1, 0.15) is 0 Å². The summed E-state index contributed by atoms with van der Waals surface area (Å²) in [5, 5.41) is 0. The first-order valence-electron chi connectivity index (χ1n) is 13.4. The molecule has 0 aliphatic heterocycles. The molecule has 0 aromatic carbocycles. The van der Waals surface area contributed by atoms with Gasteiger partial charge in [-0.25, -0.2) is 0 Å². The first kappa shape index (κ1) is 21.7. The summed E-state index contributed by atoms with van der Waals surface area (Å²) in [4.78, 5) is 0. The van der Waals surface area contributed by atoms with Crippen LogP contribution >= 0.6 is 0 Å². The molecule has 27 heavy (non-hydrogen) atoms. The molecule has 3 aliphatic carbocycles. The van der Waals surface area contributed by atoms with Crippen LogP contribution < -0.4 is 0 Å². The highest BCUT2D eigenvalue weighted by molar-refractivity contribution is 4.99. The van der Waals surface area contributed by atoms with Crippen molar-refractivity contribution in [1.29, 1.82) is 0 Å². The molecule has 3 fully saturated rings. The van der Waals surface area contributed by atoms with Gasteiger partial charge in [0.25, 0.3) is 0 Å². The molecule has 0 N–H and O–H groups in total. The Hall–Kier alpha value is 0. The Morgan fingerprint density at radius 3 is 1.30 bits per heavy atom. The maximum atomic E-state index is 2.34.